The molecule has 0 N–H and O–H groups in total. The van der Waals surface area contributed by atoms with Gasteiger partial charge in [-0.15, -0.1) is 0 Å². The first kappa shape index (κ1) is 17.6. The van der Waals surface area contributed by atoms with Crippen molar-refractivity contribution >= 4 is 5.97 Å². The van der Waals surface area contributed by atoms with Crippen LogP contribution in [0.2, 0.25) is 0 Å². The second kappa shape index (κ2) is 6.02. The van der Waals surface area contributed by atoms with Crippen molar-refractivity contribution < 1.29 is 22.7 Å². The van der Waals surface area contributed by atoms with Gasteiger partial charge in [0.2, 0.25) is 0 Å². The number of hydrogen-bond donors (Lipinski definition) is 0. The Morgan fingerprint density at radius 3 is 2.43 bits per heavy atom. The van der Waals surface area contributed by atoms with Gasteiger partial charge in [0.05, 0.1) is 5.92 Å². The fourth-order valence-corrected chi connectivity index (χ4v) is 2.94. The number of rotatable bonds is 4. The highest BCUT2D eigenvalue weighted by Gasteiger charge is 2.61. The van der Waals surface area contributed by atoms with Crippen LogP contribution >= 0.6 is 0 Å². The Balaban J connectivity index is 2.11. The molecule has 0 spiro atoms. The molecule has 126 valence electrons. The summed E-state index contributed by atoms with van der Waals surface area (Å²) in [4.78, 5) is 12.2. The van der Waals surface area contributed by atoms with E-state index in [1.165, 1.54) is 6.92 Å². The molecule has 0 heterocycles. The van der Waals surface area contributed by atoms with Crippen LogP contribution in [-0.2, 0) is 16.1 Å². The summed E-state index contributed by atoms with van der Waals surface area (Å²) in [5.74, 6) is -4.04. The van der Waals surface area contributed by atoms with E-state index in [0.717, 1.165) is 5.57 Å². The number of carbonyl (C=O) groups is 1. The normalized spacial score (nSPS) is 21.7. The van der Waals surface area contributed by atoms with Gasteiger partial charge in [-0.1, -0.05) is 25.5 Å². The maximum Gasteiger partial charge on any atom is 0.310 e. The molecule has 2 atom stereocenters. The molecule has 0 unspecified atom stereocenters. The van der Waals surface area contributed by atoms with Crippen LogP contribution in [0.4, 0.5) is 13.2 Å². The molecule has 1 fully saturated rings. The number of allylic oxidation sites excluding steroid dienone is 2. The van der Waals surface area contributed by atoms with E-state index in [-0.39, 0.29) is 28.4 Å². The minimum absolute atomic E-state index is 0.0485. The summed E-state index contributed by atoms with van der Waals surface area (Å²) in [6.07, 6.45) is 2.01. The standard InChI is InChI=1S/C18H21F3O2/c1-9(2)6-12-15(18(12,4)5)17(22)23-8-11-10(3)13(19)7-14(20)16(11)21/h6-7,12,15H,8H2,1-5H3/t12-,15+/m1/s1. The number of ether oxygens (including phenoxy) is 1. The SMILES string of the molecule is CC(C)=C[C@@H]1[C@@H](C(=O)OCc2c(C)c(F)cc(F)c2F)C1(C)C. The van der Waals surface area contributed by atoms with Crippen LogP contribution in [0.5, 0.6) is 0 Å². The molecule has 0 aromatic heterocycles. The lowest BCUT2D eigenvalue weighted by Crippen LogP contribution is -2.13. The Morgan fingerprint density at radius 2 is 1.87 bits per heavy atom. The van der Waals surface area contributed by atoms with E-state index in [0.29, 0.717) is 6.07 Å². The Kier molecular flexibility index (Phi) is 4.60. The molecule has 23 heavy (non-hydrogen) atoms. The van der Waals surface area contributed by atoms with Crippen molar-refractivity contribution in [2.45, 2.75) is 41.2 Å². The fourth-order valence-electron chi connectivity index (χ4n) is 2.94. The van der Waals surface area contributed by atoms with Gasteiger partial charge in [0.15, 0.2) is 11.6 Å². The largest absolute Gasteiger partial charge is 0.460 e. The molecule has 1 aliphatic carbocycles. The van der Waals surface area contributed by atoms with Crippen LogP contribution in [0.3, 0.4) is 0 Å². The highest BCUT2D eigenvalue weighted by Crippen LogP contribution is 2.59. The van der Waals surface area contributed by atoms with Gasteiger partial charge in [0.25, 0.3) is 0 Å². The average Bonchev–Trinajstić information content (AvgIpc) is 2.96. The van der Waals surface area contributed by atoms with Gasteiger partial charge < -0.3 is 4.74 Å². The fraction of sp³-hybridized carbons (Fsp3) is 0.500. The first-order valence-electron chi connectivity index (χ1n) is 7.52. The van der Waals surface area contributed by atoms with Gasteiger partial charge >= 0.3 is 5.97 Å². The van der Waals surface area contributed by atoms with Crippen LogP contribution in [0.1, 0.15) is 38.8 Å². The zero-order chi connectivity index (χ0) is 17.5. The van der Waals surface area contributed by atoms with E-state index >= 15 is 0 Å². The maximum atomic E-state index is 13.8. The van der Waals surface area contributed by atoms with E-state index in [4.69, 9.17) is 4.74 Å². The Labute approximate surface area is 134 Å². The van der Waals surface area contributed by atoms with Gasteiger partial charge in [0, 0.05) is 11.6 Å². The number of benzene rings is 1. The molecule has 0 radical (unpaired) electrons. The Hall–Kier alpha value is -1.78. The summed E-state index contributed by atoms with van der Waals surface area (Å²) in [5, 5.41) is 0. The quantitative estimate of drug-likeness (QED) is 0.456. The molecular weight excluding hydrogens is 305 g/mol. The summed E-state index contributed by atoms with van der Waals surface area (Å²) in [6, 6.07) is 0.491. The smallest absolute Gasteiger partial charge is 0.310 e. The predicted molar refractivity (Wildman–Crippen MR) is 81.0 cm³/mol. The third-order valence-corrected chi connectivity index (χ3v) is 4.58. The van der Waals surface area contributed by atoms with Crippen LogP contribution in [0, 0.1) is 41.6 Å². The summed E-state index contributed by atoms with van der Waals surface area (Å²) in [5.41, 5.74) is 0.572. The van der Waals surface area contributed by atoms with Crippen LogP contribution in [-0.4, -0.2) is 5.97 Å². The summed E-state index contributed by atoms with van der Waals surface area (Å²) in [7, 11) is 0. The van der Waals surface area contributed by atoms with Gasteiger partial charge in [-0.05, 0) is 37.7 Å². The average molecular weight is 326 g/mol. The van der Waals surface area contributed by atoms with E-state index in [9.17, 15) is 18.0 Å². The van der Waals surface area contributed by atoms with Gasteiger partial charge in [0.1, 0.15) is 12.4 Å². The number of hydrogen-bond acceptors (Lipinski definition) is 2. The van der Waals surface area contributed by atoms with Crippen molar-refractivity contribution in [3.63, 3.8) is 0 Å². The monoisotopic (exact) mass is 326 g/mol. The number of halogens is 3. The molecule has 1 aromatic carbocycles. The van der Waals surface area contributed by atoms with Gasteiger partial charge in [-0.2, -0.15) is 0 Å². The molecule has 0 aliphatic heterocycles. The van der Waals surface area contributed by atoms with Crippen LogP contribution in [0.15, 0.2) is 17.7 Å². The van der Waals surface area contributed by atoms with Crippen molar-refractivity contribution in [1.82, 2.24) is 0 Å². The first-order valence-corrected chi connectivity index (χ1v) is 7.52. The number of esters is 1. The van der Waals surface area contributed by atoms with Crippen molar-refractivity contribution in [3.05, 3.63) is 46.3 Å². The predicted octanol–water partition coefficient (Wildman–Crippen LogP) is 4.69. The highest BCUT2D eigenvalue weighted by atomic mass is 19.2. The molecule has 0 bridgehead atoms. The maximum absolute atomic E-state index is 13.8. The molecule has 1 aromatic rings. The lowest BCUT2D eigenvalue weighted by atomic mass is 10.1. The lowest BCUT2D eigenvalue weighted by molar-refractivity contribution is -0.147. The summed E-state index contributed by atoms with van der Waals surface area (Å²) in [6.45, 7) is 8.66. The third-order valence-electron chi connectivity index (χ3n) is 4.58. The molecule has 1 aliphatic rings. The zero-order valence-corrected chi connectivity index (χ0v) is 14.0. The number of carbonyl (C=O) groups excluding carboxylic acids is 1. The Morgan fingerprint density at radius 1 is 1.26 bits per heavy atom. The minimum atomic E-state index is -1.28. The molecule has 1 saturated carbocycles. The minimum Gasteiger partial charge on any atom is -0.460 e. The van der Waals surface area contributed by atoms with Crippen molar-refractivity contribution in [3.8, 4) is 0 Å². The van der Waals surface area contributed by atoms with E-state index in [1.807, 2.05) is 33.8 Å². The molecule has 2 nitrogen and oxygen atoms in total. The molecule has 2 rings (SSSR count). The van der Waals surface area contributed by atoms with Crippen molar-refractivity contribution in [1.29, 1.82) is 0 Å². The van der Waals surface area contributed by atoms with Gasteiger partial charge in [-0.25, -0.2) is 13.2 Å². The van der Waals surface area contributed by atoms with E-state index in [1.54, 1.807) is 0 Å². The van der Waals surface area contributed by atoms with Gasteiger partial charge in [-0.3, -0.25) is 4.79 Å². The van der Waals surface area contributed by atoms with Crippen LogP contribution in [0.25, 0.3) is 0 Å². The van der Waals surface area contributed by atoms with Crippen molar-refractivity contribution in [2.75, 3.05) is 0 Å². The third kappa shape index (κ3) is 3.28. The first-order chi connectivity index (χ1) is 10.6. The molecular formula is C18H21F3O2. The lowest BCUT2D eigenvalue weighted by Gasteiger charge is -2.10. The molecule has 0 amide bonds. The van der Waals surface area contributed by atoms with E-state index in [2.05, 4.69) is 0 Å². The topological polar surface area (TPSA) is 26.3 Å². The second-order valence-corrected chi connectivity index (χ2v) is 6.93. The summed E-state index contributed by atoms with van der Waals surface area (Å²) >= 11 is 0. The molecule has 5 heteroatoms. The molecule has 0 saturated heterocycles. The zero-order valence-electron chi connectivity index (χ0n) is 14.0. The highest BCUT2D eigenvalue weighted by molar-refractivity contribution is 5.78. The van der Waals surface area contributed by atoms with Crippen molar-refractivity contribution in [2.24, 2.45) is 17.3 Å². The van der Waals surface area contributed by atoms with E-state index < -0.39 is 30.0 Å². The van der Waals surface area contributed by atoms with Crippen LogP contribution < -0.4 is 0 Å². The Bertz CT molecular complexity index is 647. The summed E-state index contributed by atoms with van der Waals surface area (Å²) < 4.78 is 45.7. The second-order valence-electron chi connectivity index (χ2n) is 6.93.